The van der Waals surface area contributed by atoms with Crippen molar-refractivity contribution >= 4 is 61.8 Å². The Morgan fingerprint density at radius 1 is 0.784 bits per heavy atom. The van der Waals surface area contributed by atoms with Crippen LogP contribution in [0.15, 0.2) is 44.6 Å². The van der Waals surface area contributed by atoms with Crippen molar-refractivity contribution in [1.29, 1.82) is 0 Å². The lowest BCUT2D eigenvalue weighted by Crippen LogP contribution is -2.34. The van der Waals surface area contributed by atoms with Gasteiger partial charge in [-0.3, -0.25) is 9.59 Å². The van der Waals surface area contributed by atoms with E-state index in [2.05, 4.69) is 49.7 Å². The van der Waals surface area contributed by atoms with Gasteiger partial charge in [0.15, 0.2) is 0 Å². The van der Waals surface area contributed by atoms with E-state index in [1.165, 1.54) is 0 Å². The third-order valence-corrected chi connectivity index (χ3v) is 10.5. The van der Waals surface area contributed by atoms with Crippen molar-refractivity contribution in [2.45, 2.75) is 79.1 Å². The maximum atomic E-state index is 14.3. The Kier molecular flexibility index (Phi) is 9.87. The summed E-state index contributed by atoms with van der Waals surface area (Å²) in [5.74, 6) is 0.801. The Balaban J connectivity index is 1.84. The molecule has 0 fully saturated rings. The molecule has 4 rings (SSSR count). The molecule has 2 unspecified atom stereocenters. The summed E-state index contributed by atoms with van der Waals surface area (Å²) in [6.07, 6.45) is 8.84. The molecule has 0 aliphatic carbocycles. The predicted molar refractivity (Wildman–Crippen MR) is 160 cm³/mol. The second-order valence-corrected chi connectivity index (χ2v) is 12.9. The number of halogens is 1. The highest BCUT2D eigenvalue weighted by atomic mass is 79.9. The van der Waals surface area contributed by atoms with Crippen molar-refractivity contribution in [3.05, 3.63) is 54.3 Å². The molecule has 0 saturated carbocycles. The number of nitrogens with zero attached hydrogens (tertiary/aromatic N) is 2. The van der Waals surface area contributed by atoms with Gasteiger partial charge in [0.2, 0.25) is 0 Å². The first-order chi connectivity index (χ1) is 18.0. The van der Waals surface area contributed by atoms with Crippen molar-refractivity contribution < 1.29 is 9.59 Å². The zero-order valence-corrected chi connectivity index (χ0v) is 25.7. The fourth-order valence-electron chi connectivity index (χ4n) is 5.46. The summed E-state index contributed by atoms with van der Waals surface area (Å²) in [5.41, 5.74) is 2.84. The van der Waals surface area contributed by atoms with E-state index in [0.29, 0.717) is 36.1 Å². The molecule has 0 spiro atoms. The predicted octanol–water partition coefficient (Wildman–Crippen LogP) is 8.81. The number of fused-ring (bicyclic) bond motifs is 1. The summed E-state index contributed by atoms with van der Waals surface area (Å²) in [5, 5.41) is 4.06. The first kappa shape index (κ1) is 28.3. The van der Waals surface area contributed by atoms with E-state index in [0.717, 1.165) is 77.0 Å². The van der Waals surface area contributed by atoms with Crippen molar-refractivity contribution in [3.63, 3.8) is 0 Å². The van der Waals surface area contributed by atoms with E-state index < -0.39 is 0 Å². The Hall–Kier alpha value is -1.70. The standard InChI is InChI=1S/C30H39BrN2O2S2/c1-5-9-12-20(7-3)18-32-26(23-14-11-16-36-23)24-25(30(32)35)27(28-22(31)15-17-37-28)33(29(24)34)19-21(8-4)13-10-6-2/h11,14-17,20-21H,5-10,12-13,18-19H2,1-4H3. The lowest BCUT2D eigenvalue weighted by atomic mass is 9.98. The van der Waals surface area contributed by atoms with Crippen molar-refractivity contribution in [3.8, 4) is 0 Å². The number of unbranched alkanes of at least 4 members (excludes halogenated alkanes) is 2. The largest absolute Gasteiger partial charge is 0.306 e. The normalized spacial score (nSPS) is 17.4. The third kappa shape index (κ3) is 5.69. The Morgan fingerprint density at radius 2 is 1.35 bits per heavy atom. The van der Waals surface area contributed by atoms with E-state index in [4.69, 9.17) is 0 Å². The number of amides is 2. The molecule has 4 heterocycles. The lowest BCUT2D eigenvalue weighted by molar-refractivity contribution is -0.124. The highest BCUT2D eigenvalue weighted by Gasteiger charge is 2.50. The molecular weight excluding hydrogens is 564 g/mol. The molecule has 2 atom stereocenters. The first-order valence-corrected chi connectivity index (χ1v) is 16.4. The minimum atomic E-state index is -0.0129. The van der Waals surface area contributed by atoms with Gasteiger partial charge in [-0.2, -0.15) is 0 Å². The molecule has 200 valence electrons. The van der Waals surface area contributed by atoms with Crippen molar-refractivity contribution in [1.82, 2.24) is 9.80 Å². The van der Waals surface area contributed by atoms with Crippen LogP contribution in [0.4, 0.5) is 0 Å². The number of carbonyl (C=O) groups is 2. The quantitative estimate of drug-likeness (QED) is 0.217. The SMILES string of the molecule is CCCCC(CC)CN1C(=O)C2=C(c3sccc3Br)N(CC(CC)CCCC)C(=O)C2=C1c1cccs1. The minimum Gasteiger partial charge on any atom is -0.306 e. The van der Waals surface area contributed by atoms with Crippen LogP contribution in [0.3, 0.4) is 0 Å². The molecule has 0 bridgehead atoms. The molecule has 0 radical (unpaired) electrons. The second-order valence-electron chi connectivity index (χ2n) is 10.2. The zero-order chi connectivity index (χ0) is 26.5. The first-order valence-electron chi connectivity index (χ1n) is 13.9. The minimum absolute atomic E-state index is 0.0129. The van der Waals surface area contributed by atoms with Crippen LogP contribution in [0, 0.1) is 11.8 Å². The molecule has 2 aromatic heterocycles. The third-order valence-electron chi connectivity index (χ3n) is 7.74. The number of rotatable bonds is 14. The summed E-state index contributed by atoms with van der Waals surface area (Å²) in [6, 6.07) is 6.08. The maximum Gasteiger partial charge on any atom is 0.261 e. The summed E-state index contributed by atoms with van der Waals surface area (Å²) >= 11 is 6.92. The molecule has 2 aliphatic rings. The van der Waals surface area contributed by atoms with Crippen LogP contribution in [0.1, 0.15) is 88.8 Å². The number of hydrogen-bond donors (Lipinski definition) is 0. The van der Waals surface area contributed by atoms with Gasteiger partial charge in [-0.15, -0.1) is 22.7 Å². The van der Waals surface area contributed by atoms with Gasteiger partial charge in [0, 0.05) is 17.6 Å². The molecule has 4 nitrogen and oxygen atoms in total. The van der Waals surface area contributed by atoms with E-state index in [1.54, 1.807) is 22.7 Å². The molecule has 7 heteroatoms. The lowest BCUT2D eigenvalue weighted by Gasteiger charge is -2.29. The average Bonchev–Trinajstić information content (AvgIpc) is 3.68. The molecule has 0 saturated heterocycles. The van der Waals surface area contributed by atoms with Gasteiger partial charge in [-0.1, -0.05) is 72.3 Å². The van der Waals surface area contributed by atoms with Crippen molar-refractivity contribution in [2.24, 2.45) is 11.8 Å². The van der Waals surface area contributed by atoms with Crippen LogP contribution in [0.5, 0.6) is 0 Å². The van der Waals surface area contributed by atoms with E-state index in [-0.39, 0.29) is 11.8 Å². The molecule has 0 N–H and O–H groups in total. The van der Waals surface area contributed by atoms with Crippen LogP contribution >= 0.6 is 38.6 Å². The van der Waals surface area contributed by atoms with Crippen LogP contribution < -0.4 is 0 Å². The van der Waals surface area contributed by atoms with Crippen LogP contribution in [0.25, 0.3) is 11.4 Å². The Bertz CT molecular complexity index is 1160. The van der Waals surface area contributed by atoms with Crippen molar-refractivity contribution in [2.75, 3.05) is 13.1 Å². The van der Waals surface area contributed by atoms with Crippen LogP contribution in [-0.2, 0) is 9.59 Å². The molecule has 2 aromatic rings. The van der Waals surface area contributed by atoms with Gasteiger partial charge in [-0.25, -0.2) is 0 Å². The fourth-order valence-corrected chi connectivity index (χ4v) is 7.87. The Morgan fingerprint density at radius 3 is 1.81 bits per heavy atom. The molecule has 2 amide bonds. The molecular formula is C30H39BrN2O2S2. The summed E-state index contributed by atoms with van der Waals surface area (Å²) < 4.78 is 0.943. The van der Waals surface area contributed by atoms with Gasteiger partial charge in [0.25, 0.3) is 11.8 Å². The molecule has 37 heavy (non-hydrogen) atoms. The number of carbonyl (C=O) groups excluding carboxylic acids is 2. The highest BCUT2D eigenvalue weighted by molar-refractivity contribution is 9.10. The highest BCUT2D eigenvalue weighted by Crippen LogP contribution is 2.50. The van der Waals surface area contributed by atoms with E-state index in [9.17, 15) is 9.59 Å². The molecule has 0 aromatic carbocycles. The molecule has 2 aliphatic heterocycles. The fraction of sp³-hybridized carbons (Fsp3) is 0.533. The van der Waals surface area contributed by atoms with E-state index in [1.807, 2.05) is 32.7 Å². The second kappa shape index (κ2) is 12.9. The van der Waals surface area contributed by atoms with Gasteiger partial charge in [0.1, 0.15) is 0 Å². The monoisotopic (exact) mass is 602 g/mol. The Labute approximate surface area is 238 Å². The number of hydrogen-bond acceptors (Lipinski definition) is 4. The van der Waals surface area contributed by atoms with Gasteiger partial charge < -0.3 is 9.80 Å². The van der Waals surface area contributed by atoms with E-state index >= 15 is 0 Å². The van der Waals surface area contributed by atoms with Gasteiger partial charge in [-0.05, 0) is 63.5 Å². The number of thiophene rings is 2. The topological polar surface area (TPSA) is 40.6 Å². The smallest absolute Gasteiger partial charge is 0.261 e. The van der Waals surface area contributed by atoms with Crippen LogP contribution in [-0.4, -0.2) is 34.7 Å². The average molecular weight is 604 g/mol. The maximum absolute atomic E-state index is 14.3. The zero-order valence-electron chi connectivity index (χ0n) is 22.5. The van der Waals surface area contributed by atoms with Gasteiger partial charge in [0.05, 0.1) is 32.3 Å². The summed E-state index contributed by atoms with van der Waals surface area (Å²) in [6.45, 7) is 10.2. The summed E-state index contributed by atoms with van der Waals surface area (Å²) in [4.78, 5) is 34.4. The van der Waals surface area contributed by atoms with Crippen LogP contribution in [0.2, 0.25) is 0 Å². The van der Waals surface area contributed by atoms with Gasteiger partial charge >= 0.3 is 0 Å². The summed E-state index contributed by atoms with van der Waals surface area (Å²) in [7, 11) is 0.